The lowest BCUT2D eigenvalue weighted by Crippen LogP contribution is -2.28. The predicted molar refractivity (Wildman–Crippen MR) is 103 cm³/mol. The van der Waals surface area contributed by atoms with E-state index in [0.29, 0.717) is 29.0 Å². The normalized spacial score (nSPS) is 24.3. The van der Waals surface area contributed by atoms with Crippen molar-refractivity contribution in [1.82, 2.24) is 19.7 Å². The number of nitrogens with two attached hydrogens (primary N) is 1. The summed E-state index contributed by atoms with van der Waals surface area (Å²) >= 11 is 0. The number of likely N-dealkylation sites (tertiary alicyclic amines) is 1. The maximum absolute atomic E-state index is 13.2. The Balaban J connectivity index is 1.60. The molecule has 1 saturated heterocycles. The number of nitrogen functional groups attached to an aromatic ring is 1. The number of hydrogen-bond donors (Lipinski definition) is 1. The van der Waals surface area contributed by atoms with Crippen LogP contribution in [0.3, 0.4) is 0 Å². The number of aromatic nitrogens is 3. The van der Waals surface area contributed by atoms with Gasteiger partial charge in [0, 0.05) is 56.2 Å². The second kappa shape index (κ2) is 7.28. The summed E-state index contributed by atoms with van der Waals surface area (Å²) in [4.78, 5) is 6.16. The number of methoxy groups -OCH3 is 1. The van der Waals surface area contributed by atoms with Gasteiger partial charge in [0.05, 0.1) is 17.9 Å². The monoisotopic (exact) mass is 409 g/mol. The highest BCUT2D eigenvalue weighted by atomic mass is 19.4. The fourth-order valence-corrected chi connectivity index (χ4v) is 4.51. The van der Waals surface area contributed by atoms with Crippen LogP contribution in [0.25, 0.3) is 11.3 Å². The molecule has 0 unspecified atom stereocenters. The van der Waals surface area contributed by atoms with Crippen molar-refractivity contribution in [2.24, 2.45) is 11.8 Å². The third kappa shape index (κ3) is 3.73. The molecule has 1 aliphatic carbocycles. The van der Waals surface area contributed by atoms with Gasteiger partial charge >= 0.3 is 6.18 Å². The summed E-state index contributed by atoms with van der Waals surface area (Å²) in [7, 11) is 1.71. The van der Waals surface area contributed by atoms with E-state index < -0.39 is 17.6 Å². The fourth-order valence-electron chi connectivity index (χ4n) is 4.51. The summed E-state index contributed by atoms with van der Waals surface area (Å²) < 4.78 is 46.8. The van der Waals surface area contributed by atoms with E-state index in [-0.39, 0.29) is 6.04 Å². The Morgan fingerprint density at radius 1 is 1.24 bits per heavy atom. The zero-order valence-corrected chi connectivity index (χ0v) is 16.8. The van der Waals surface area contributed by atoms with Crippen molar-refractivity contribution < 1.29 is 17.9 Å². The first kappa shape index (κ1) is 20.2. The van der Waals surface area contributed by atoms with Crippen LogP contribution in [0.15, 0.2) is 18.3 Å². The number of pyridine rings is 1. The van der Waals surface area contributed by atoms with Gasteiger partial charge in [0.1, 0.15) is 5.82 Å². The van der Waals surface area contributed by atoms with E-state index in [1.165, 1.54) is 6.20 Å². The number of nitrogens with zero attached hydrogens (tertiary/aromatic N) is 4. The minimum atomic E-state index is -4.55. The van der Waals surface area contributed by atoms with Crippen molar-refractivity contribution in [2.75, 3.05) is 39.1 Å². The first-order valence-corrected chi connectivity index (χ1v) is 9.84. The molecule has 2 fully saturated rings. The predicted octanol–water partition coefficient (Wildman–Crippen LogP) is 3.42. The molecule has 3 atom stereocenters. The first-order chi connectivity index (χ1) is 13.7. The Hall–Kier alpha value is -2.13. The molecular weight excluding hydrogens is 383 g/mol. The zero-order valence-electron chi connectivity index (χ0n) is 16.8. The van der Waals surface area contributed by atoms with Crippen LogP contribution in [0.2, 0.25) is 0 Å². The molecule has 0 amide bonds. The number of hydrogen-bond acceptors (Lipinski definition) is 5. The van der Waals surface area contributed by atoms with E-state index in [1.54, 1.807) is 7.11 Å². The Morgan fingerprint density at radius 3 is 2.52 bits per heavy atom. The van der Waals surface area contributed by atoms with Gasteiger partial charge in [-0.1, -0.05) is 0 Å². The number of piperidine rings is 1. The number of anilines is 1. The van der Waals surface area contributed by atoms with Crippen LogP contribution >= 0.6 is 0 Å². The second-order valence-corrected chi connectivity index (χ2v) is 8.25. The average molecular weight is 409 g/mol. The smallest absolute Gasteiger partial charge is 0.383 e. The van der Waals surface area contributed by atoms with Gasteiger partial charge in [-0.25, -0.2) is 4.98 Å². The summed E-state index contributed by atoms with van der Waals surface area (Å²) in [6.45, 7) is 7.78. The number of fused-ring (bicyclic) bond motifs is 1. The highest BCUT2D eigenvalue weighted by molar-refractivity contribution is 5.63. The summed E-state index contributed by atoms with van der Waals surface area (Å²) in [6.07, 6.45) is -3.18. The van der Waals surface area contributed by atoms with Crippen molar-refractivity contribution in [3.05, 3.63) is 29.6 Å². The quantitative estimate of drug-likeness (QED) is 0.792. The highest BCUT2D eigenvalue weighted by Crippen LogP contribution is 2.58. The van der Waals surface area contributed by atoms with Crippen LogP contribution in [0.4, 0.5) is 19.0 Å². The lowest BCUT2D eigenvalue weighted by atomic mass is 10.1. The van der Waals surface area contributed by atoms with Gasteiger partial charge in [0.15, 0.2) is 0 Å². The van der Waals surface area contributed by atoms with Crippen molar-refractivity contribution in [3.63, 3.8) is 0 Å². The molecule has 2 aliphatic rings. The van der Waals surface area contributed by atoms with Crippen LogP contribution < -0.4 is 5.73 Å². The van der Waals surface area contributed by atoms with Crippen molar-refractivity contribution in [2.45, 2.75) is 32.0 Å². The summed E-state index contributed by atoms with van der Waals surface area (Å²) in [5.74, 6) is 1.03. The third-order valence-electron chi connectivity index (χ3n) is 6.00. The van der Waals surface area contributed by atoms with Gasteiger partial charge in [0.25, 0.3) is 0 Å². The maximum Gasteiger partial charge on any atom is 0.419 e. The lowest BCUT2D eigenvalue weighted by molar-refractivity contribution is -0.137. The number of alkyl halides is 3. The molecule has 2 N–H and O–H groups in total. The van der Waals surface area contributed by atoms with E-state index in [4.69, 9.17) is 10.5 Å². The Labute approximate surface area is 167 Å². The third-order valence-corrected chi connectivity index (χ3v) is 6.00. The van der Waals surface area contributed by atoms with E-state index in [2.05, 4.69) is 15.0 Å². The summed E-state index contributed by atoms with van der Waals surface area (Å²) in [5, 5.41) is 4.62. The van der Waals surface area contributed by atoms with Crippen molar-refractivity contribution in [1.29, 1.82) is 0 Å². The van der Waals surface area contributed by atoms with Gasteiger partial charge in [-0.05, 0) is 37.8 Å². The SMILES string of the molecule is COCCN1C[C@@H]2[C@H](C1)[C@H]2c1cc(-c2cnc(N)c(C(F)(F)F)c2)nn1C(C)C. The van der Waals surface area contributed by atoms with E-state index in [1.807, 2.05) is 24.6 Å². The largest absolute Gasteiger partial charge is 0.419 e. The molecule has 2 aromatic heterocycles. The second-order valence-electron chi connectivity index (χ2n) is 8.25. The van der Waals surface area contributed by atoms with Gasteiger partial charge in [-0.3, -0.25) is 4.68 Å². The van der Waals surface area contributed by atoms with E-state index >= 15 is 0 Å². The highest BCUT2D eigenvalue weighted by Gasteiger charge is 2.57. The zero-order chi connectivity index (χ0) is 20.9. The minimum Gasteiger partial charge on any atom is -0.383 e. The van der Waals surface area contributed by atoms with E-state index in [9.17, 15) is 13.2 Å². The number of ether oxygens (including phenoxy) is 1. The van der Waals surface area contributed by atoms with Crippen LogP contribution in [0.1, 0.15) is 37.1 Å². The first-order valence-electron chi connectivity index (χ1n) is 9.84. The number of halogens is 3. The summed E-state index contributed by atoms with van der Waals surface area (Å²) in [6, 6.07) is 3.09. The van der Waals surface area contributed by atoms with E-state index in [0.717, 1.165) is 38.0 Å². The molecular formula is C20H26F3N5O. The average Bonchev–Trinajstić information content (AvgIpc) is 3.00. The van der Waals surface area contributed by atoms with Crippen LogP contribution in [0.5, 0.6) is 0 Å². The maximum atomic E-state index is 13.2. The minimum absolute atomic E-state index is 0.119. The van der Waals surface area contributed by atoms with Gasteiger partial charge < -0.3 is 15.4 Å². The molecule has 2 aromatic rings. The molecule has 0 radical (unpaired) electrons. The Kier molecular flexibility index (Phi) is 5.06. The van der Waals surface area contributed by atoms with Crippen molar-refractivity contribution >= 4 is 5.82 Å². The van der Waals surface area contributed by atoms with Crippen LogP contribution in [-0.2, 0) is 10.9 Å². The van der Waals surface area contributed by atoms with Gasteiger partial charge in [0.2, 0.25) is 0 Å². The Bertz CT molecular complexity index is 883. The van der Waals surface area contributed by atoms with Gasteiger partial charge in [-0.15, -0.1) is 0 Å². The molecule has 158 valence electrons. The van der Waals surface area contributed by atoms with Gasteiger partial charge in [-0.2, -0.15) is 18.3 Å². The molecule has 3 heterocycles. The van der Waals surface area contributed by atoms with Crippen molar-refractivity contribution in [3.8, 4) is 11.3 Å². The molecule has 6 nitrogen and oxygen atoms in total. The molecule has 0 spiro atoms. The lowest BCUT2D eigenvalue weighted by Gasteiger charge is -2.19. The van der Waals surface area contributed by atoms with Crippen LogP contribution in [-0.4, -0.2) is 53.0 Å². The molecule has 1 saturated carbocycles. The molecule has 9 heteroatoms. The molecule has 0 bridgehead atoms. The topological polar surface area (TPSA) is 69.2 Å². The van der Waals surface area contributed by atoms with Crippen LogP contribution in [0, 0.1) is 11.8 Å². The molecule has 4 rings (SSSR count). The molecule has 0 aromatic carbocycles. The molecule has 29 heavy (non-hydrogen) atoms. The molecule has 1 aliphatic heterocycles. The summed E-state index contributed by atoms with van der Waals surface area (Å²) in [5.41, 5.74) is 6.45. The standard InChI is InChI=1S/C20H26F3N5O/c1-11(2)28-17(18-13-9-27(4-5-29-3)10-14(13)18)7-16(26-28)12-6-15(20(21,22)23)19(24)25-8-12/h6-8,11,13-14,18H,4-5,9-10H2,1-3H3,(H2,24,25)/t13-,14+,18+. The fraction of sp³-hybridized carbons (Fsp3) is 0.600. The number of rotatable bonds is 6. The Morgan fingerprint density at radius 2 is 1.93 bits per heavy atom.